The van der Waals surface area contributed by atoms with Crippen LogP contribution < -0.4 is 11.1 Å². The fourth-order valence-electron chi connectivity index (χ4n) is 2.29. The summed E-state index contributed by atoms with van der Waals surface area (Å²) in [5.41, 5.74) is 10.0. The highest BCUT2D eigenvalue weighted by Crippen LogP contribution is 2.29. The van der Waals surface area contributed by atoms with Crippen molar-refractivity contribution >= 4 is 5.91 Å². The fourth-order valence-corrected chi connectivity index (χ4v) is 2.29. The third kappa shape index (κ3) is 2.91. The molecule has 1 atom stereocenters. The molecule has 100 valence electrons. The van der Waals surface area contributed by atoms with Crippen LogP contribution in [0.4, 0.5) is 0 Å². The highest BCUT2D eigenvalue weighted by atomic mass is 16.1. The van der Waals surface area contributed by atoms with Crippen LogP contribution >= 0.6 is 0 Å². The van der Waals surface area contributed by atoms with Crippen molar-refractivity contribution < 1.29 is 4.79 Å². The normalized spacial score (nSPS) is 13.4. The first kappa shape index (κ1) is 14.7. The summed E-state index contributed by atoms with van der Waals surface area (Å²) >= 11 is 0. The minimum absolute atomic E-state index is 0.107. The van der Waals surface area contributed by atoms with Crippen LogP contribution in [0, 0.1) is 13.8 Å². The molecule has 0 aliphatic rings. The molecule has 0 radical (unpaired) electrons. The Kier molecular flexibility index (Phi) is 4.17. The topological polar surface area (TPSA) is 55.1 Å². The van der Waals surface area contributed by atoms with Gasteiger partial charge in [-0.3, -0.25) is 4.79 Å². The van der Waals surface area contributed by atoms with Crippen molar-refractivity contribution in [2.45, 2.75) is 46.1 Å². The molecule has 18 heavy (non-hydrogen) atoms. The molecule has 0 saturated carbocycles. The molecule has 3 N–H and O–H groups in total. The van der Waals surface area contributed by atoms with Crippen molar-refractivity contribution in [1.29, 1.82) is 0 Å². The lowest BCUT2D eigenvalue weighted by molar-refractivity contribution is -0.120. The molecule has 1 rings (SSSR count). The van der Waals surface area contributed by atoms with Gasteiger partial charge in [-0.05, 0) is 48.6 Å². The van der Waals surface area contributed by atoms with E-state index in [1.165, 1.54) is 5.56 Å². The summed E-state index contributed by atoms with van der Waals surface area (Å²) in [4.78, 5) is 11.5. The van der Waals surface area contributed by atoms with Crippen LogP contribution in [0.2, 0.25) is 0 Å². The van der Waals surface area contributed by atoms with E-state index in [-0.39, 0.29) is 11.3 Å². The molecule has 1 aromatic carbocycles. The number of aryl methyl sites for hydroxylation is 2. The molecule has 1 unspecified atom stereocenters. The van der Waals surface area contributed by atoms with Crippen LogP contribution in [0.3, 0.4) is 0 Å². The summed E-state index contributed by atoms with van der Waals surface area (Å²) in [7, 11) is 1.76. The second-order valence-corrected chi connectivity index (χ2v) is 5.90. The first-order valence-electron chi connectivity index (χ1n) is 6.26. The van der Waals surface area contributed by atoms with Crippen LogP contribution in [-0.2, 0) is 10.2 Å². The average Bonchev–Trinajstić information content (AvgIpc) is 2.20. The van der Waals surface area contributed by atoms with Crippen molar-refractivity contribution in [1.82, 2.24) is 5.32 Å². The fraction of sp³-hybridized carbons (Fsp3) is 0.533. The summed E-state index contributed by atoms with van der Waals surface area (Å²) in [6.07, 6.45) is 0. The van der Waals surface area contributed by atoms with Crippen LogP contribution in [-0.4, -0.2) is 13.0 Å². The first-order chi connectivity index (χ1) is 8.18. The minimum Gasteiger partial charge on any atom is -0.368 e. The Morgan fingerprint density at radius 1 is 1.22 bits per heavy atom. The monoisotopic (exact) mass is 248 g/mol. The van der Waals surface area contributed by atoms with Crippen molar-refractivity contribution in [2.24, 2.45) is 5.73 Å². The maximum absolute atomic E-state index is 11.5. The number of rotatable bonds is 3. The second kappa shape index (κ2) is 5.11. The van der Waals surface area contributed by atoms with Gasteiger partial charge in [0.05, 0.1) is 0 Å². The summed E-state index contributed by atoms with van der Waals surface area (Å²) < 4.78 is 0. The Labute approximate surface area is 110 Å². The van der Waals surface area contributed by atoms with Crippen LogP contribution in [0.15, 0.2) is 12.1 Å². The largest absolute Gasteiger partial charge is 0.368 e. The lowest BCUT2D eigenvalue weighted by Gasteiger charge is -2.24. The summed E-state index contributed by atoms with van der Waals surface area (Å²) in [6.45, 7) is 10.6. The quantitative estimate of drug-likeness (QED) is 0.862. The molecule has 0 bridgehead atoms. The molecule has 1 aromatic rings. The van der Waals surface area contributed by atoms with Gasteiger partial charge in [0, 0.05) is 0 Å². The molecule has 0 spiro atoms. The summed E-state index contributed by atoms with van der Waals surface area (Å²) in [5, 5.41) is 2.98. The van der Waals surface area contributed by atoms with E-state index < -0.39 is 6.04 Å². The second-order valence-electron chi connectivity index (χ2n) is 5.90. The zero-order valence-electron chi connectivity index (χ0n) is 12.2. The van der Waals surface area contributed by atoms with Crippen LogP contribution in [0.1, 0.15) is 49.1 Å². The smallest absolute Gasteiger partial charge is 0.239 e. The van der Waals surface area contributed by atoms with Gasteiger partial charge < -0.3 is 11.1 Å². The SMILES string of the molecule is CNC(C(N)=O)c1c(C)cc(C(C)(C)C)cc1C. The zero-order valence-corrected chi connectivity index (χ0v) is 12.2. The maximum Gasteiger partial charge on any atom is 0.239 e. The van der Waals surface area contributed by atoms with E-state index in [9.17, 15) is 4.79 Å². The third-order valence-corrected chi connectivity index (χ3v) is 3.32. The van der Waals surface area contributed by atoms with Gasteiger partial charge in [0.1, 0.15) is 6.04 Å². The van der Waals surface area contributed by atoms with E-state index in [0.29, 0.717) is 0 Å². The Morgan fingerprint density at radius 3 is 1.94 bits per heavy atom. The van der Waals surface area contributed by atoms with Crippen molar-refractivity contribution in [3.63, 3.8) is 0 Å². The first-order valence-corrected chi connectivity index (χ1v) is 6.26. The molecule has 0 saturated heterocycles. The molecule has 0 aliphatic carbocycles. The highest BCUT2D eigenvalue weighted by Gasteiger charge is 2.22. The molecular formula is C15H24N2O. The zero-order chi connectivity index (χ0) is 14.1. The van der Waals surface area contributed by atoms with Gasteiger partial charge in [0.15, 0.2) is 0 Å². The Balaban J connectivity index is 3.37. The minimum atomic E-state index is -0.418. The lowest BCUT2D eigenvalue weighted by atomic mass is 9.82. The predicted octanol–water partition coefficient (Wildman–Crippen LogP) is 2.35. The van der Waals surface area contributed by atoms with Gasteiger partial charge in [0.2, 0.25) is 5.91 Å². The number of carbonyl (C=O) groups excluding carboxylic acids is 1. The van der Waals surface area contributed by atoms with Gasteiger partial charge in [0.25, 0.3) is 0 Å². The van der Waals surface area contributed by atoms with Crippen molar-refractivity contribution in [3.8, 4) is 0 Å². The number of amides is 1. The average molecular weight is 248 g/mol. The van der Waals surface area contributed by atoms with E-state index in [2.05, 4.69) is 38.2 Å². The van der Waals surface area contributed by atoms with Crippen LogP contribution in [0.5, 0.6) is 0 Å². The lowest BCUT2D eigenvalue weighted by Crippen LogP contribution is -2.32. The molecule has 1 amide bonds. The van der Waals surface area contributed by atoms with Crippen molar-refractivity contribution in [2.75, 3.05) is 7.05 Å². The Bertz CT molecular complexity index is 435. The van der Waals surface area contributed by atoms with Gasteiger partial charge in [-0.2, -0.15) is 0 Å². The highest BCUT2D eigenvalue weighted by molar-refractivity contribution is 5.82. The number of benzene rings is 1. The number of nitrogens with one attached hydrogen (secondary N) is 1. The molecule has 3 heteroatoms. The number of likely N-dealkylation sites (N-methyl/N-ethyl adjacent to an activating group) is 1. The standard InChI is InChI=1S/C15H24N2O/c1-9-7-11(15(3,4)5)8-10(2)12(9)13(17-6)14(16)18/h7-8,13,17H,1-6H3,(H2,16,18). The van der Waals surface area contributed by atoms with Gasteiger partial charge in [-0.1, -0.05) is 32.9 Å². The molecule has 3 nitrogen and oxygen atoms in total. The summed E-state index contributed by atoms with van der Waals surface area (Å²) in [6, 6.07) is 3.88. The number of hydrogen-bond acceptors (Lipinski definition) is 2. The predicted molar refractivity (Wildman–Crippen MR) is 75.6 cm³/mol. The number of nitrogens with two attached hydrogens (primary N) is 1. The van der Waals surface area contributed by atoms with Crippen LogP contribution in [0.25, 0.3) is 0 Å². The molecule has 0 aliphatic heterocycles. The maximum atomic E-state index is 11.5. The Hall–Kier alpha value is -1.35. The van der Waals surface area contributed by atoms with Gasteiger partial charge >= 0.3 is 0 Å². The van der Waals surface area contributed by atoms with Gasteiger partial charge in [-0.15, -0.1) is 0 Å². The third-order valence-electron chi connectivity index (χ3n) is 3.32. The number of hydrogen-bond donors (Lipinski definition) is 2. The number of primary amides is 1. The van der Waals surface area contributed by atoms with E-state index in [1.807, 2.05) is 13.8 Å². The summed E-state index contributed by atoms with van der Waals surface area (Å²) in [5.74, 6) is -0.341. The van der Waals surface area contributed by atoms with E-state index in [4.69, 9.17) is 5.73 Å². The van der Waals surface area contributed by atoms with E-state index in [0.717, 1.165) is 16.7 Å². The van der Waals surface area contributed by atoms with Crippen molar-refractivity contribution in [3.05, 3.63) is 34.4 Å². The van der Waals surface area contributed by atoms with E-state index in [1.54, 1.807) is 7.05 Å². The molecule has 0 fully saturated rings. The number of carbonyl (C=O) groups is 1. The molecular weight excluding hydrogens is 224 g/mol. The molecule has 0 aromatic heterocycles. The van der Waals surface area contributed by atoms with Gasteiger partial charge in [-0.25, -0.2) is 0 Å². The van der Waals surface area contributed by atoms with E-state index >= 15 is 0 Å². The Morgan fingerprint density at radius 2 is 1.67 bits per heavy atom. The molecule has 0 heterocycles.